The zero-order chi connectivity index (χ0) is 13.2. The summed E-state index contributed by atoms with van der Waals surface area (Å²) in [5.74, 6) is 0. The number of nitrogens with zero attached hydrogens (tertiary/aromatic N) is 2. The Morgan fingerprint density at radius 1 is 1.16 bits per heavy atom. The molecule has 2 aromatic rings. The molecule has 0 fully saturated rings. The molecule has 1 aliphatic heterocycles. The maximum absolute atomic E-state index is 9.05. The molecule has 0 spiro atoms. The van der Waals surface area contributed by atoms with Crippen molar-refractivity contribution in [1.82, 2.24) is 0 Å². The van der Waals surface area contributed by atoms with Crippen LogP contribution >= 0.6 is 0 Å². The number of anilines is 2. The van der Waals surface area contributed by atoms with Gasteiger partial charge in [0.2, 0.25) is 0 Å². The summed E-state index contributed by atoms with van der Waals surface area (Å²) in [6, 6.07) is 19.1. The van der Waals surface area contributed by atoms with E-state index in [0.717, 1.165) is 18.5 Å². The molecule has 2 heteroatoms. The van der Waals surface area contributed by atoms with Gasteiger partial charge in [-0.25, -0.2) is 0 Å². The Bertz CT molecular complexity index is 640. The van der Waals surface area contributed by atoms with Crippen LogP contribution < -0.4 is 4.90 Å². The molecule has 0 radical (unpaired) electrons. The zero-order valence-corrected chi connectivity index (χ0v) is 11.0. The molecule has 1 aliphatic rings. The largest absolute Gasteiger partial charge is 0.338 e. The summed E-state index contributed by atoms with van der Waals surface area (Å²) in [7, 11) is 0. The van der Waals surface area contributed by atoms with Crippen molar-refractivity contribution in [3.05, 3.63) is 59.7 Å². The lowest BCUT2D eigenvalue weighted by atomic mass is 9.96. The third-order valence-electron chi connectivity index (χ3n) is 3.78. The summed E-state index contributed by atoms with van der Waals surface area (Å²) < 4.78 is 0. The minimum Gasteiger partial charge on any atom is -0.338 e. The molecule has 0 amide bonds. The summed E-state index contributed by atoms with van der Waals surface area (Å²) in [6.07, 6.45) is 2.28. The topological polar surface area (TPSA) is 27.0 Å². The van der Waals surface area contributed by atoms with Gasteiger partial charge in [0.25, 0.3) is 0 Å². The standard InChI is InChI=1S/C17H16N2/c1-13-9-10-15-6-2-3-8-17(15)19(13)16-7-4-5-14(11-16)12-18/h2-8,11,13H,9-10H2,1H3. The van der Waals surface area contributed by atoms with Gasteiger partial charge in [-0.2, -0.15) is 5.26 Å². The van der Waals surface area contributed by atoms with Crippen LogP contribution in [0.4, 0.5) is 11.4 Å². The van der Waals surface area contributed by atoms with E-state index in [1.807, 2.05) is 18.2 Å². The molecule has 94 valence electrons. The second-order valence-corrected chi connectivity index (χ2v) is 5.05. The Hall–Kier alpha value is -2.27. The monoisotopic (exact) mass is 248 g/mol. The van der Waals surface area contributed by atoms with E-state index in [0.29, 0.717) is 11.6 Å². The summed E-state index contributed by atoms with van der Waals surface area (Å²) in [5.41, 5.74) is 4.49. The number of hydrogen-bond donors (Lipinski definition) is 0. The van der Waals surface area contributed by atoms with Gasteiger partial charge < -0.3 is 4.90 Å². The molecule has 0 aliphatic carbocycles. The van der Waals surface area contributed by atoms with E-state index in [-0.39, 0.29) is 0 Å². The molecule has 0 saturated carbocycles. The number of nitriles is 1. The summed E-state index contributed by atoms with van der Waals surface area (Å²) in [6.45, 7) is 2.25. The average molecular weight is 248 g/mol. The van der Waals surface area contributed by atoms with Crippen LogP contribution in [0.3, 0.4) is 0 Å². The Morgan fingerprint density at radius 2 is 2.00 bits per heavy atom. The molecule has 1 unspecified atom stereocenters. The second-order valence-electron chi connectivity index (χ2n) is 5.05. The van der Waals surface area contributed by atoms with E-state index in [1.165, 1.54) is 11.3 Å². The third kappa shape index (κ3) is 2.08. The average Bonchev–Trinajstić information content (AvgIpc) is 2.47. The molecule has 1 atom stereocenters. The van der Waals surface area contributed by atoms with Crippen LogP contribution in [-0.4, -0.2) is 6.04 Å². The van der Waals surface area contributed by atoms with Gasteiger partial charge in [0.05, 0.1) is 11.6 Å². The minimum atomic E-state index is 0.462. The fourth-order valence-corrected chi connectivity index (χ4v) is 2.81. The fourth-order valence-electron chi connectivity index (χ4n) is 2.81. The van der Waals surface area contributed by atoms with Crippen LogP contribution in [0, 0.1) is 11.3 Å². The zero-order valence-electron chi connectivity index (χ0n) is 11.0. The van der Waals surface area contributed by atoms with Gasteiger partial charge in [-0.05, 0) is 49.6 Å². The Kier molecular flexibility index (Phi) is 2.97. The van der Waals surface area contributed by atoms with Crippen LogP contribution in [0.25, 0.3) is 0 Å². The highest BCUT2D eigenvalue weighted by molar-refractivity contribution is 5.69. The summed E-state index contributed by atoms with van der Waals surface area (Å²) in [4.78, 5) is 2.35. The Morgan fingerprint density at radius 3 is 2.84 bits per heavy atom. The van der Waals surface area contributed by atoms with Crippen LogP contribution in [0.2, 0.25) is 0 Å². The lowest BCUT2D eigenvalue weighted by Gasteiger charge is -2.37. The molecule has 2 nitrogen and oxygen atoms in total. The van der Waals surface area contributed by atoms with Gasteiger partial charge in [0.1, 0.15) is 0 Å². The highest BCUT2D eigenvalue weighted by Crippen LogP contribution is 2.36. The van der Waals surface area contributed by atoms with Crippen molar-refractivity contribution in [3.63, 3.8) is 0 Å². The summed E-state index contributed by atoms with van der Waals surface area (Å²) >= 11 is 0. The number of para-hydroxylation sites is 1. The van der Waals surface area contributed by atoms with Crippen molar-refractivity contribution in [3.8, 4) is 6.07 Å². The van der Waals surface area contributed by atoms with Gasteiger partial charge >= 0.3 is 0 Å². The summed E-state index contributed by atoms with van der Waals surface area (Å²) in [5, 5.41) is 9.05. The first-order chi connectivity index (χ1) is 9.29. The fraction of sp³-hybridized carbons (Fsp3) is 0.235. The quantitative estimate of drug-likeness (QED) is 0.761. The van der Waals surface area contributed by atoms with E-state index in [9.17, 15) is 0 Å². The van der Waals surface area contributed by atoms with Gasteiger partial charge in [-0.15, -0.1) is 0 Å². The van der Waals surface area contributed by atoms with Crippen molar-refractivity contribution in [2.24, 2.45) is 0 Å². The highest BCUT2D eigenvalue weighted by Gasteiger charge is 2.23. The van der Waals surface area contributed by atoms with Crippen LogP contribution in [0.1, 0.15) is 24.5 Å². The van der Waals surface area contributed by atoms with E-state index < -0.39 is 0 Å². The Balaban J connectivity index is 2.11. The van der Waals surface area contributed by atoms with Crippen molar-refractivity contribution >= 4 is 11.4 Å². The molecule has 0 aromatic heterocycles. The maximum atomic E-state index is 9.05. The van der Waals surface area contributed by atoms with E-state index in [4.69, 9.17) is 5.26 Å². The number of hydrogen-bond acceptors (Lipinski definition) is 2. The number of aryl methyl sites for hydroxylation is 1. The first-order valence-electron chi connectivity index (χ1n) is 6.67. The molecule has 0 bridgehead atoms. The lowest BCUT2D eigenvalue weighted by molar-refractivity contribution is 0.618. The molecule has 19 heavy (non-hydrogen) atoms. The minimum absolute atomic E-state index is 0.462. The van der Waals surface area contributed by atoms with Crippen molar-refractivity contribution in [2.75, 3.05) is 4.90 Å². The molecule has 0 saturated heterocycles. The lowest BCUT2D eigenvalue weighted by Crippen LogP contribution is -2.33. The van der Waals surface area contributed by atoms with E-state index in [1.54, 1.807) is 0 Å². The van der Waals surface area contributed by atoms with Crippen molar-refractivity contribution < 1.29 is 0 Å². The van der Waals surface area contributed by atoms with E-state index >= 15 is 0 Å². The van der Waals surface area contributed by atoms with Crippen molar-refractivity contribution in [2.45, 2.75) is 25.8 Å². The molecule has 1 heterocycles. The number of fused-ring (bicyclic) bond motifs is 1. The first-order valence-corrected chi connectivity index (χ1v) is 6.67. The van der Waals surface area contributed by atoms with Crippen LogP contribution in [-0.2, 0) is 6.42 Å². The van der Waals surface area contributed by atoms with Crippen molar-refractivity contribution in [1.29, 1.82) is 5.26 Å². The number of benzene rings is 2. The highest BCUT2D eigenvalue weighted by atomic mass is 15.2. The van der Waals surface area contributed by atoms with Gasteiger partial charge in [-0.1, -0.05) is 24.3 Å². The van der Waals surface area contributed by atoms with Crippen LogP contribution in [0.5, 0.6) is 0 Å². The smallest absolute Gasteiger partial charge is 0.0992 e. The molecular weight excluding hydrogens is 232 g/mol. The van der Waals surface area contributed by atoms with Gasteiger partial charge in [-0.3, -0.25) is 0 Å². The van der Waals surface area contributed by atoms with Gasteiger partial charge in [0, 0.05) is 17.4 Å². The predicted molar refractivity (Wildman–Crippen MR) is 77.5 cm³/mol. The molecule has 2 aromatic carbocycles. The van der Waals surface area contributed by atoms with Crippen LogP contribution in [0.15, 0.2) is 48.5 Å². The molecular formula is C17H16N2. The third-order valence-corrected chi connectivity index (χ3v) is 3.78. The van der Waals surface area contributed by atoms with E-state index in [2.05, 4.69) is 48.2 Å². The first kappa shape index (κ1) is 11.8. The molecule has 3 rings (SSSR count). The Labute approximate surface area is 113 Å². The maximum Gasteiger partial charge on any atom is 0.0992 e. The number of rotatable bonds is 1. The second kappa shape index (κ2) is 4.78. The SMILES string of the molecule is CC1CCc2ccccc2N1c1cccc(C#N)c1. The van der Waals surface area contributed by atoms with Gasteiger partial charge in [0.15, 0.2) is 0 Å². The predicted octanol–water partition coefficient (Wildman–Crippen LogP) is 4.03. The molecule has 0 N–H and O–H groups in total. The normalized spacial score (nSPS) is 17.7.